The van der Waals surface area contributed by atoms with Gasteiger partial charge in [-0.25, -0.2) is 0 Å². The average molecular weight is 580 g/mol. The molecule has 0 amide bonds. The molecule has 0 fully saturated rings. The van der Waals surface area contributed by atoms with Gasteiger partial charge in [-0.1, -0.05) is 58.1 Å². The van der Waals surface area contributed by atoms with Crippen molar-refractivity contribution in [2.24, 2.45) is 5.73 Å². The van der Waals surface area contributed by atoms with Gasteiger partial charge in [0.1, 0.15) is 22.8 Å². The van der Waals surface area contributed by atoms with Gasteiger partial charge < -0.3 is 24.7 Å². The van der Waals surface area contributed by atoms with Gasteiger partial charge in [-0.15, -0.1) is 6.58 Å². The summed E-state index contributed by atoms with van der Waals surface area (Å²) in [4.78, 5) is 0. The molecule has 0 heterocycles. The number of unbranched alkanes of at least 4 members (excludes halogenated alkanes) is 1. The fraction of sp³-hybridized carbons (Fsp3) is 0.568. The highest BCUT2D eigenvalue weighted by atomic mass is 16.6. The van der Waals surface area contributed by atoms with E-state index in [0.29, 0.717) is 19.8 Å². The van der Waals surface area contributed by atoms with E-state index in [1.165, 1.54) is 5.56 Å². The molecule has 0 aromatic heterocycles. The van der Waals surface area contributed by atoms with E-state index in [0.717, 1.165) is 54.1 Å². The summed E-state index contributed by atoms with van der Waals surface area (Å²) in [5, 5.41) is 0. The second-order valence-electron chi connectivity index (χ2n) is 13.3. The first-order valence-electron chi connectivity index (χ1n) is 15.5. The third kappa shape index (κ3) is 9.91. The Hall–Kier alpha value is -2.76. The van der Waals surface area contributed by atoms with Crippen LogP contribution in [-0.2, 0) is 15.6 Å². The van der Waals surface area contributed by atoms with Crippen molar-refractivity contribution in [2.75, 3.05) is 26.9 Å². The number of benzene rings is 2. The number of ether oxygens (including phenoxy) is 4. The summed E-state index contributed by atoms with van der Waals surface area (Å²) in [6.45, 7) is 25.1. The maximum Gasteiger partial charge on any atom is 0.128 e. The molecule has 2 aromatic rings. The predicted octanol–water partition coefficient (Wildman–Crippen LogP) is 9.02. The van der Waals surface area contributed by atoms with Crippen molar-refractivity contribution in [1.82, 2.24) is 0 Å². The van der Waals surface area contributed by atoms with Crippen molar-refractivity contribution < 1.29 is 18.9 Å². The second-order valence-corrected chi connectivity index (χ2v) is 13.3. The van der Waals surface area contributed by atoms with Crippen LogP contribution in [0.3, 0.4) is 0 Å². The predicted molar refractivity (Wildman–Crippen MR) is 178 cm³/mol. The molecule has 0 aliphatic carbocycles. The maximum atomic E-state index is 6.74. The van der Waals surface area contributed by atoms with Gasteiger partial charge >= 0.3 is 0 Å². The Morgan fingerprint density at radius 2 is 1.50 bits per heavy atom. The maximum absolute atomic E-state index is 6.74. The van der Waals surface area contributed by atoms with Gasteiger partial charge in [0.05, 0.1) is 25.9 Å². The molecule has 2 atom stereocenters. The monoisotopic (exact) mass is 579 g/mol. The molecule has 0 bridgehead atoms. The molecule has 0 saturated carbocycles. The van der Waals surface area contributed by atoms with E-state index in [1.54, 1.807) is 7.11 Å². The van der Waals surface area contributed by atoms with Gasteiger partial charge in [0.25, 0.3) is 0 Å². The molecule has 234 valence electrons. The van der Waals surface area contributed by atoms with E-state index < -0.39 is 5.60 Å². The van der Waals surface area contributed by atoms with Crippen LogP contribution in [0.2, 0.25) is 0 Å². The van der Waals surface area contributed by atoms with Gasteiger partial charge in [0.2, 0.25) is 0 Å². The van der Waals surface area contributed by atoms with Gasteiger partial charge in [0.15, 0.2) is 0 Å². The summed E-state index contributed by atoms with van der Waals surface area (Å²) < 4.78 is 24.7. The Balaban J connectivity index is 2.52. The van der Waals surface area contributed by atoms with Crippen molar-refractivity contribution in [3.63, 3.8) is 0 Å². The van der Waals surface area contributed by atoms with Crippen LogP contribution in [0.15, 0.2) is 55.1 Å². The van der Waals surface area contributed by atoms with Crippen LogP contribution in [-0.4, -0.2) is 38.1 Å². The van der Waals surface area contributed by atoms with E-state index in [1.807, 2.05) is 6.08 Å². The van der Waals surface area contributed by atoms with Crippen LogP contribution in [0.5, 0.6) is 17.2 Å². The zero-order valence-corrected chi connectivity index (χ0v) is 28.1. The van der Waals surface area contributed by atoms with Crippen LogP contribution in [0.25, 0.3) is 6.08 Å². The number of nitrogens with two attached hydrogens (primary N) is 1. The first-order chi connectivity index (χ1) is 19.7. The van der Waals surface area contributed by atoms with E-state index in [9.17, 15) is 0 Å². The molecule has 2 rings (SSSR count). The lowest BCUT2D eigenvalue weighted by molar-refractivity contribution is -0.0723. The number of hydrogen-bond donors (Lipinski definition) is 1. The number of hydrogen-bond acceptors (Lipinski definition) is 5. The lowest BCUT2D eigenvalue weighted by atomic mass is 9.78. The van der Waals surface area contributed by atoms with Crippen LogP contribution in [0.4, 0.5) is 0 Å². The minimum absolute atomic E-state index is 0.189. The summed E-state index contributed by atoms with van der Waals surface area (Å²) in [5.74, 6) is 2.50. The number of rotatable bonds is 17. The van der Waals surface area contributed by atoms with E-state index >= 15 is 0 Å². The molecule has 0 saturated heterocycles. The molecular weight excluding hydrogens is 522 g/mol. The fourth-order valence-electron chi connectivity index (χ4n) is 4.63. The summed E-state index contributed by atoms with van der Waals surface area (Å²) in [5.41, 5.74) is 7.59. The Kier molecular flexibility index (Phi) is 12.7. The van der Waals surface area contributed by atoms with Gasteiger partial charge in [0, 0.05) is 22.0 Å². The number of methoxy groups -OCH3 is 1. The summed E-state index contributed by atoms with van der Waals surface area (Å²) in [6.07, 6.45) is 10.2. The fourth-order valence-corrected chi connectivity index (χ4v) is 4.63. The van der Waals surface area contributed by atoms with Crippen LogP contribution < -0.4 is 19.9 Å². The minimum Gasteiger partial charge on any atom is -0.496 e. The van der Waals surface area contributed by atoms with Crippen LogP contribution in [0, 0.1) is 0 Å². The Morgan fingerprint density at radius 1 is 0.857 bits per heavy atom. The van der Waals surface area contributed by atoms with E-state index in [4.69, 9.17) is 24.7 Å². The molecule has 2 aromatic carbocycles. The smallest absolute Gasteiger partial charge is 0.128 e. The van der Waals surface area contributed by atoms with Gasteiger partial charge in [-0.3, -0.25) is 0 Å². The number of allylic oxidation sites excluding steroid dienone is 2. The summed E-state index contributed by atoms with van der Waals surface area (Å²) >= 11 is 0. The van der Waals surface area contributed by atoms with Crippen LogP contribution in [0.1, 0.15) is 105 Å². The first kappa shape index (κ1) is 35.4. The quantitative estimate of drug-likeness (QED) is 0.150. The molecule has 0 radical (unpaired) electrons. The third-order valence-corrected chi connectivity index (χ3v) is 8.12. The summed E-state index contributed by atoms with van der Waals surface area (Å²) in [6, 6.07) is 12.7. The van der Waals surface area contributed by atoms with Crippen LogP contribution >= 0.6 is 0 Å². The lowest BCUT2D eigenvalue weighted by Gasteiger charge is -2.33. The van der Waals surface area contributed by atoms with E-state index in [2.05, 4.69) is 117 Å². The molecule has 2 unspecified atom stereocenters. The highest BCUT2D eigenvalue weighted by Gasteiger charge is 2.30. The summed E-state index contributed by atoms with van der Waals surface area (Å²) in [7, 11) is 1.73. The topological polar surface area (TPSA) is 62.9 Å². The van der Waals surface area contributed by atoms with Gasteiger partial charge in [-0.2, -0.15) is 0 Å². The third-order valence-electron chi connectivity index (χ3n) is 8.12. The average Bonchev–Trinajstić information content (AvgIpc) is 2.96. The highest BCUT2D eigenvalue weighted by molar-refractivity contribution is 5.64. The van der Waals surface area contributed by atoms with Crippen molar-refractivity contribution >= 4 is 6.08 Å². The van der Waals surface area contributed by atoms with Gasteiger partial charge in [-0.05, 0) is 96.7 Å². The minimum atomic E-state index is -0.549. The zero-order valence-electron chi connectivity index (χ0n) is 28.1. The van der Waals surface area contributed by atoms with Crippen molar-refractivity contribution in [3.05, 3.63) is 71.8 Å². The van der Waals surface area contributed by atoms with E-state index in [-0.39, 0.29) is 16.4 Å². The Morgan fingerprint density at radius 3 is 2.02 bits per heavy atom. The SMILES string of the molecule is C=CC(C)(CC)c1cc(OC(C)(C)COC(C)(C)C)c(/C=C/C(C)(CC)c2ccc(OCCCCN)cc2)cc1OC. The highest BCUT2D eigenvalue weighted by Crippen LogP contribution is 2.42. The normalized spacial score (nSPS) is 15.2. The van der Waals surface area contributed by atoms with Crippen molar-refractivity contribution in [1.29, 1.82) is 0 Å². The molecule has 42 heavy (non-hydrogen) atoms. The molecular formula is C37H57NO4. The molecule has 0 spiro atoms. The van der Waals surface area contributed by atoms with Crippen molar-refractivity contribution in [2.45, 2.75) is 110 Å². The molecule has 0 aliphatic rings. The zero-order chi connectivity index (χ0) is 31.6. The largest absolute Gasteiger partial charge is 0.496 e. The lowest BCUT2D eigenvalue weighted by Crippen LogP contribution is -2.38. The molecule has 5 heteroatoms. The Labute approximate surface area is 256 Å². The van der Waals surface area contributed by atoms with Crippen molar-refractivity contribution in [3.8, 4) is 17.2 Å². The first-order valence-corrected chi connectivity index (χ1v) is 15.5. The molecule has 0 aliphatic heterocycles. The molecule has 5 nitrogen and oxygen atoms in total. The Bertz CT molecular complexity index is 1160. The second kappa shape index (κ2) is 15.1. The molecule has 2 N–H and O–H groups in total. The standard InChI is InChI=1S/C37H57NO4/c1-12-36(9,13-2)31-26-32(42-35(7,8)27-41-34(4,5)6)28(25-33(31)39-11)21-22-37(10,14-3)29-17-19-30(20-18-29)40-24-16-15-23-38/h12,17-22,25-26H,1,13-16,23-24,27,38H2,2-11H3/b22-21+.